The van der Waals surface area contributed by atoms with Crippen LogP contribution >= 0.6 is 23.1 Å². The Balaban J connectivity index is 1.36. The summed E-state index contributed by atoms with van der Waals surface area (Å²) >= 11 is 3.09. The highest BCUT2D eigenvalue weighted by atomic mass is 32.2. The normalized spacial score (nSPS) is 16.5. The fraction of sp³-hybridized carbons (Fsp3) is 0.261. The summed E-state index contributed by atoms with van der Waals surface area (Å²) in [4.78, 5) is 14.3. The summed E-state index contributed by atoms with van der Waals surface area (Å²) in [5.74, 6) is 1.12. The maximum Gasteiger partial charge on any atom is 0.241 e. The molecule has 1 unspecified atom stereocenters. The van der Waals surface area contributed by atoms with Crippen molar-refractivity contribution in [3.63, 3.8) is 0 Å². The molecule has 30 heavy (non-hydrogen) atoms. The number of aromatic nitrogens is 4. The number of rotatable bonds is 3. The molecule has 0 saturated carbocycles. The lowest BCUT2D eigenvalue weighted by Crippen LogP contribution is -2.20. The van der Waals surface area contributed by atoms with Crippen molar-refractivity contribution < 1.29 is 4.79 Å². The van der Waals surface area contributed by atoms with Crippen molar-refractivity contribution in [1.82, 2.24) is 19.2 Å². The molecule has 0 amide bonds. The molecule has 3 heterocycles. The summed E-state index contributed by atoms with van der Waals surface area (Å²) in [6.45, 7) is 2.30. The Kier molecular flexibility index (Phi) is 4.21. The van der Waals surface area contributed by atoms with E-state index >= 15 is 0 Å². The van der Waals surface area contributed by atoms with Crippen LogP contribution in [0.5, 0.6) is 0 Å². The van der Waals surface area contributed by atoms with E-state index in [4.69, 9.17) is 0 Å². The number of carbonyl (C=O) groups excluding carboxylic acids is 1. The number of nitrogens with zero attached hydrogens (tertiary/aromatic N) is 4. The molecule has 0 fully saturated rings. The van der Waals surface area contributed by atoms with Crippen molar-refractivity contribution in [2.75, 3.05) is 5.75 Å². The number of carbonyl (C=O) groups is 1. The molecule has 0 radical (unpaired) electrons. The van der Waals surface area contributed by atoms with Gasteiger partial charge in [0.15, 0.2) is 5.16 Å². The maximum absolute atomic E-state index is 13.4. The van der Waals surface area contributed by atoms with E-state index in [0.717, 1.165) is 40.4 Å². The summed E-state index contributed by atoms with van der Waals surface area (Å²) in [5, 5.41) is 10.7. The van der Waals surface area contributed by atoms with E-state index in [1.54, 1.807) is 11.3 Å². The molecule has 0 N–H and O–H groups in total. The standard InChI is InChI=1S/C23H20N4OS2/c1-14-10-11-18-16(12-14)15-6-2-3-7-17(15)26(18)21(28)13-29-22-24-25-23-27(22)19-8-4-5-9-20(19)30-23/h2-9,14H,10-13H2,1H3. The van der Waals surface area contributed by atoms with Crippen LogP contribution in [0.3, 0.4) is 0 Å². The summed E-state index contributed by atoms with van der Waals surface area (Å²) in [6.07, 6.45) is 3.15. The van der Waals surface area contributed by atoms with E-state index in [1.807, 2.05) is 22.8 Å². The van der Waals surface area contributed by atoms with Gasteiger partial charge in [-0.15, -0.1) is 10.2 Å². The Morgan fingerprint density at radius 1 is 1.13 bits per heavy atom. The van der Waals surface area contributed by atoms with Crippen LogP contribution in [0.15, 0.2) is 53.7 Å². The minimum Gasteiger partial charge on any atom is -0.283 e. The van der Waals surface area contributed by atoms with E-state index in [1.165, 1.54) is 33.1 Å². The van der Waals surface area contributed by atoms with Crippen LogP contribution in [0.4, 0.5) is 0 Å². The first-order valence-corrected chi connectivity index (χ1v) is 12.0. The van der Waals surface area contributed by atoms with Crippen LogP contribution in [0, 0.1) is 5.92 Å². The van der Waals surface area contributed by atoms with Crippen LogP contribution in [-0.4, -0.2) is 30.8 Å². The second kappa shape index (κ2) is 6.96. The Bertz CT molecular complexity index is 1430. The lowest BCUT2D eigenvalue weighted by molar-refractivity contribution is 0.0943. The van der Waals surface area contributed by atoms with Gasteiger partial charge < -0.3 is 0 Å². The van der Waals surface area contributed by atoms with Gasteiger partial charge >= 0.3 is 0 Å². The molecule has 5 aromatic rings. The fourth-order valence-corrected chi connectivity index (χ4v) is 6.43. The van der Waals surface area contributed by atoms with Gasteiger partial charge in [0.25, 0.3) is 0 Å². The highest BCUT2D eigenvalue weighted by molar-refractivity contribution is 7.99. The summed E-state index contributed by atoms with van der Waals surface area (Å²) < 4.78 is 5.20. The molecule has 2 aromatic carbocycles. The van der Waals surface area contributed by atoms with Gasteiger partial charge in [-0.05, 0) is 48.9 Å². The minimum absolute atomic E-state index is 0.114. The third-order valence-electron chi connectivity index (χ3n) is 6.00. The van der Waals surface area contributed by atoms with Gasteiger partial charge in [0.05, 0.1) is 21.5 Å². The monoisotopic (exact) mass is 432 g/mol. The van der Waals surface area contributed by atoms with Crippen LogP contribution in [0.2, 0.25) is 0 Å². The van der Waals surface area contributed by atoms with Crippen LogP contribution in [0.25, 0.3) is 26.1 Å². The van der Waals surface area contributed by atoms with E-state index < -0.39 is 0 Å². The summed E-state index contributed by atoms with van der Waals surface area (Å²) in [6, 6.07) is 16.5. The van der Waals surface area contributed by atoms with Crippen molar-refractivity contribution in [2.45, 2.75) is 31.3 Å². The molecule has 1 atom stereocenters. The lowest BCUT2D eigenvalue weighted by atomic mass is 9.88. The van der Waals surface area contributed by atoms with Crippen LogP contribution in [-0.2, 0) is 12.8 Å². The number of hydrogen-bond acceptors (Lipinski definition) is 5. The molecule has 7 heteroatoms. The van der Waals surface area contributed by atoms with Gasteiger partial charge in [-0.25, -0.2) is 0 Å². The van der Waals surface area contributed by atoms with Crippen molar-refractivity contribution >= 4 is 55.1 Å². The fourth-order valence-electron chi connectivity index (χ4n) is 4.61. The topological polar surface area (TPSA) is 52.2 Å². The average molecular weight is 433 g/mol. The van der Waals surface area contributed by atoms with E-state index in [-0.39, 0.29) is 5.91 Å². The highest BCUT2D eigenvalue weighted by Crippen LogP contribution is 2.35. The number of para-hydroxylation sites is 2. The number of benzene rings is 2. The van der Waals surface area contributed by atoms with E-state index in [0.29, 0.717) is 11.7 Å². The van der Waals surface area contributed by atoms with Gasteiger partial charge in [-0.2, -0.15) is 0 Å². The first kappa shape index (κ1) is 18.2. The Morgan fingerprint density at radius 2 is 1.93 bits per heavy atom. The van der Waals surface area contributed by atoms with Crippen molar-refractivity contribution in [2.24, 2.45) is 5.92 Å². The largest absolute Gasteiger partial charge is 0.283 e. The van der Waals surface area contributed by atoms with Gasteiger partial charge in [0.2, 0.25) is 10.9 Å². The Morgan fingerprint density at radius 3 is 2.83 bits per heavy atom. The molecule has 150 valence electrons. The van der Waals surface area contributed by atoms with Crippen LogP contribution < -0.4 is 0 Å². The van der Waals surface area contributed by atoms with Crippen molar-refractivity contribution in [3.05, 3.63) is 59.8 Å². The second-order valence-electron chi connectivity index (χ2n) is 7.98. The average Bonchev–Trinajstić information content (AvgIpc) is 3.42. The highest BCUT2D eigenvalue weighted by Gasteiger charge is 2.26. The zero-order chi connectivity index (χ0) is 20.2. The molecule has 0 spiro atoms. The molecule has 3 aromatic heterocycles. The molecule has 1 aliphatic rings. The lowest BCUT2D eigenvalue weighted by Gasteiger charge is -2.20. The predicted octanol–water partition coefficient (Wildman–Crippen LogP) is 5.46. The smallest absolute Gasteiger partial charge is 0.241 e. The van der Waals surface area contributed by atoms with Gasteiger partial charge in [-0.3, -0.25) is 13.8 Å². The predicted molar refractivity (Wildman–Crippen MR) is 123 cm³/mol. The van der Waals surface area contributed by atoms with E-state index in [9.17, 15) is 4.79 Å². The minimum atomic E-state index is 0.114. The zero-order valence-electron chi connectivity index (χ0n) is 16.5. The maximum atomic E-state index is 13.4. The first-order valence-electron chi connectivity index (χ1n) is 10.2. The number of hydrogen-bond donors (Lipinski definition) is 0. The van der Waals surface area contributed by atoms with Gasteiger partial charge in [-0.1, -0.05) is 60.4 Å². The Hall–Kier alpha value is -2.64. The summed E-state index contributed by atoms with van der Waals surface area (Å²) in [7, 11) is 0. The number of thiazole rings is 1. The molecule has 0 saturated heterocycles. The number of fused-ring (bicyclic) bond motifs is 6. The second-order valence-corrected chi connectivity index (χ2v) is 9.93. The van der Waals surface area contributed by atoms with Gasteiger partial charge in [0, 0.05) is 11.1 Å². The van der Waals surface area contributed by atoms with E-state index in [2.05, 4.69) is 51.9 Å². The van der Waals surface area contributed by atoms with Crippen molar-refractivity contribution in [1.29, 1.82) is 0 Å². The quantitative estimate of drug-likeness (QED) is 0.356. The molecule has 0 aliphatic heterocycles. The third-order valence-corrected chi connectivity index (χ3v) is 7.93. The molecule has 6 rings (SSSR count). The first-order chi connectivity index (χ1) is 14.7. The van der Waals surface area contributed by atoms with Crippen LogP contribution in [0.1, 0.15) is 29.4 Å². The molecular weight excluding hydrogens is 412 g/mol. The SMILES string of the molecule is CC1CCc2c(c3ccccc3n2C(=O)CSc2nnc3sc4ccccc4n23)C1. The molecular formula is C23H20N4OS2. The molecule has 0 bridgehead atoms. The summed E-state index contributed by atoms with van der Waals surface area (Å²) in [5.41, 5.74) is 4.69. The Labute approximate surface area is 181 Å². The molecule has 5 nitrogen and oxygen atoms in total. The van der Waals surface area contributed by atoms with Crippen molar-refractivity contribution in [3.8, 4) is 0 Å². The third kappa shape index (κ3) is 2.72. The molecule has 1 aliphatic carbocycles. The number of thioether (sulfide) groups is 1. The van der Waals surface area contributed by atoms with Gasteiger partial charge in [0.1, 0.15) is 0 Å². The zero-order valence-corrected chi connectivity index (χ0v) is 18.2.